The van der Waals surface area contributed by atoms with Crippen molar-refractivity contribution < 1.29 is 5.11 Å². The third-order valence-electron chi connectivity index (χ3n) is 1.17. The molecule has 1 atom stereocenters. The highest BCUT2D eigenvalue weighted by molar-refractivity contribution is 7.09. The summed E-state index contributed by atoms with van der Waals surface area (Å²) in [5.74, 6) is 0. The van der Waals surface area contributed by atoms with Crippen molar-refractivity contribution in [3.63, 3.8) is 0 Å². The summed E-state index contributed by atoms with van der Waals surface area (Å²) in [6.07, 6.45) is 0.395. The molecule has 56 valence electrons. The summed E-state index contributed by atoms with van der Waals surface area (Å²) in [6, 6.07) is 0. The van der Waals surface area contributed by atoms with Crippen molar-refractivity contribution in [2.45, 2.75) is 26.4 Å². The normalized spacial score (nSPS) is 13.5. The zero-order chi connectivity index (χ0) is 7.56. The molecule has 1 heterocycles. The lowest BCUT2D eigenvalue weighted by molar-refractivity contribution is 0.194. The molecule has 3 heteroatoms. The van der Waals surface area contributed by atoms with Gasteiger partial charge in [0.05, 0.1) is 16.8 Å². The van der Waals surface area contributed by atoms with Gasteiger partial charge >= 0.3 is 0 Å². The SMILES string of the molecule is Cc1nc(C[C@H](C)O)cs1. The Hall–Kier alpha value is -0.410. The van der Waals surface area contributed by atoms with Crippen molar-refractivity contribution in [2.75, 3.05) is 0 Å². The molecule has 0 unspecified atom stereocenters. The predicted octanol–water partition coefficient (Wildman–Crippen LogP) is 1.37. The second kappa shape index (κ2) is 3.12. The number of aryl methyl sites for hydroxylation is 1. The van der Waals surface area contributed by atoms with Gasteiger partial charge in [0, 0.05) is 11.8 Å². The highest BCUT2D eigenvalue weighted by Gasteiger charge is 2.01. The van der Waals surface area contributed by atoms with Gasteiger partial charge in [0.25, 0.3) is 0 Å². The molecule has 0 spiro atoms. The fourth-order valence-electron chi connectivity index (χ4n) is 0.805. The fraction of sp³-hybridized carbons (Fsp3) is 0.571. The summed E-state index contributed by atoms with van der Waals surface area (Å²) in [7, 11) is 0. The first-order valence-corrected chi connectivity index (χ1v) is 4.15. The van der Waals surface area contributed by atoms with E-state index in [1.165, 1.54) is 0 Å². The van der Waals surface area contributed by atoms with E-state index in [2.05, 4.69) is 4.98 Å². The Morgan fingerprint density at radius 2 is 2.50 bits per heavy atom. The van der Waals surface area contributed by atoms with Gasteiger partial charge in [-0.05, 0) is 13.8 Å². The quantitative estimate of drug-likeness (QED) is 0.703. The van der Waals surface area contributed by atoms with E-state index in [4.69, 9.17) is 5.11 Å². The van der Waals surface area contributed by atoms with Gasteiger partial charge < -0.3 is 5.11 Å². The second-order valence-electron chi connectivity index (χ2n) is 2.41. The maximum atomic E-state index is 8.98. The molecule has 0 saturated carbocycles. The smallest absolute Gasteiger partial charge is 0.0897 e. The van der Waals surface area contributed by atoms with Crippen LogP contribution in [0.2, 0.25) is 0 Å². The number of hydrogen-bond acceptors (Lipinski definition) is 3. The van der Waals surface area contributed by atoms with Gasteiger partial charge in [0.2, 0.25) is 0 Å². The largest absolute Gasteiger partial charge is 0.393 e. The van der Waals surface area contributed by atoms with Gasteiger partial charge in [-0.15, -0.1) is 11.3 Å². The van der Waals surface area contributed by atoms with Gasteiger partial charge in [-0.1, -0.05) is 0 Å². The lowest BCUT2D eigenvalue weighted by Gasteiger charge is -1.97. The van der Waals surface area contributed by atoms with Crippen LogP contribution in [0.3, 0.4) is 0 Å². The molecule has 1 N–H and O–H groups in total. The van der Waals surface area contributed by atoms with Crippen LogP contribution in [0, 0.1) is 6.92 Å². The van der Waals surface area contributed by atoms with Crippen LogP contribution >= 0.6 is 11.3 Å². The minimum Gasteiger partial charge on any atom is -0.393 e. The van der Waals surface area contributed by atoms with Gasteiger partial charge in [-0.3, -0.25) is 0 Å². The molecule has 10 heavy (non-hydrogen) atoms. The number of nitrogens with zero attached hydrogens (tertiary/aromatic N) is 1. The lowest BCUT2D eigenvalue weighted by atomic mass is 10.2. The van der Waals surface area contributed by atoms with E-state index >= 15 is 0 Å². The first-order chi connectivity index (χ1) is 4.68. The minimum absolute atomic E-state index is 0.276. The summed E-state index contributed by atoms with van der Waals surface area (Å²) in [5, 5.41) is 12.0. The lowest BCUT2D eigenvalue weighted by Crippen LogP contribution is -2.04. The Kier molecular flexibility index (Phi) is 2.40. The molecule has 0 fully saturated rings. The maximum Gasteiger partial charge on any atom is 0.0897 e. The van der Waals surface area contributed by atoms with E-state index in [-0.39, 0.29) is 6.10 Å². The minimum atomic E-state index is -0.276. The zero-order valence-corrected chi connectivity index (χ0v) is 6.98. The first-order valence-electron chi connectivity index (χ1n) is 3.27. The van der Waals surface area contributed by atoms with Crippen molar-refractivity contribution >= 4 is 11.3 Å². The first kappa shape index (κ1) is 7.69. The van der Waals surface area contributed by atoms with E-state index in [9.17, 15) is 0 Å². The molecule has 2 nitrogen and oxygen atoms in total. The number of hydrogen-bond donors (Lipinski definition) is 1. The van der Waals surface area contributed by atoms with E-state index in [1.807, 2.05) is 12.3 Å². The Morgan fingerprint density at radius 1 is 1.80 bits per heavy atom. The average molecular weight is 157 g/mol. The molecule has 1 rings (SSSR count). The average Bonchev–Trinajstić information content (AvgIpc) is 2.13. The third-order valence-corrected chi connectivity index (χ3v) is 1.99. The fourth-order valence-corrected chi connectivity index (χ4v) is 1.43. The molecule has 1 aromatic heterocycles. The van der Waals surface area contributed by atoms with Crippen molar-refractivity contribution in [3.05, 3.63) is 16.1 Å². The van der Waals surface area contributed by atoms with E-state index in [0.29, 0.717) is 6.42 Å². The Morgan fingerprint density at radius 3 is 2.90 bits per heavy atom. The van der Waals surface area contributed by atoms with Gasteiger partial charge in [-0.2, -0.15) is 0 Å². The number of rotatable bonds is 2. The standard InChI is InChI=1S/C7H11NOS/c1-5(9)3-7-4-10-6(2)8-7/h4-5,9H,3H2,1-2H3/t5-/m0/s1. The molecule has 1 aromatic rings. The maximum absolute atomic E-state index is 8.98. The van der Waals surface area contributed by atoms with Crippen molar-refractivity contribution in [2.24, 2.45) is 0 Å². The van der Waals surface area contributed by atoms with E-state index < -0.39 is 0 Å². The van der Waals surface area contributed by atoms with Crippen LogP contribution in [0.5, 0.6) is 0 Å². The summed E-state index contributed by atoms with van der Waals surface area (Å²) < 4.78 is 0. The van der Waals surface area contributed by atoms with Crippen molar-refractivity contribution in [1.29, 1.82) is 0 Å². The topological polar surface area (TPSA) is 33.1 Å². The van der Waals surface area contributed by atoms with Crippen LogP contribution in [0.4, 0.5) is 0 Å². The number of aliphatic hydroxyl groups excluding tert-OH is 1. The zero-order valence-electron chi connectivity index (χ0n) is 6.16. The monoisotopic (exact) mass is 157 g/mol. The van der Waals surface area contributed by atoms with Gasteiger partial charge in [0.1, 0.15) is 0 Å². The number of aliphatic hydroxyl groups is 1. The van der Waals surface area contributed by atoms with Crippen LogP contribution in [0.15, 0.2) is 5.38 Å². The molecule has 0 radical (unpaired) electrons. The van der Waals surface area contributed by atoms with Crippen LogP contribution < -0.4 is 0 Å². The summed E-state index contributed by atoms with van der Waals surface area (Å²) in [4.78, 5) is 4.21. The molecule has 0 bridgehead atoms. The van der Waals surface area contributed by atoms with Crippen LogP contribution in [-0.2, 0) is 6.42 Å². The molecular formula is C7H11NOS. The number of thiazole rings is 1. The molecule has 0 amide bonds. The Bertz CT molecular complexity index is 207. The van der Waals surface area contributed by atoms with Crippen molar-refractivity contribution in [1.82, 2.24) is 4.98 Å². The number of aromatic nitrogens is 1. The Balaban J connectivity index is 2.58. The third kappa shape index (κ3) is 2.08. The molecule has 0 aliphatic carbocycles. The van der Waals surface area contributed by atoms with E-state index in [0.717, 1.165) is 10.7 Å². The van der Waals surface area contributed by atoms with Crippen LogP contribution in [0.25, 0.3) is 0 Å². The highest BCUT2D eigenvalue weighted by Crippen LogP contribution is 2.09. The molecule has 0 aromatic carbocycles. The van der Waals surface area contributed by atoms with Crippen LogP contribution in [0.1, 0.15) is 17.6 Å². The van der Waals surface area contributed by atoms with Crippen LogP contribution in [-0.4, -0.2) is 16.2 Å². The second-order valence-corrected chi connectivity index (χ2v) is 3.47. The molecule has 0 saturated heterocycles. The predicted molar refractivity (Wildman–Crippen MR) is 42.2 cm³/mol. The van der Waals surface area contributed by atoms with Gasteiger partial charge in [0.15, 0.2) is 0 Å². The molecular weight excluding hydrogens is 146 g/mol. The molecule has 0 aliphatic heterocycles. The summed E-state index contributed by atoms with van der Waals surface area (Å²) in [6.45, 7) is 3.74. The Labute approximate surface area is 64.5 Å². The molecule has 0 aliphatic rings. The summed E-state index contributed by atoms with van der Waals surface area (Å²) >= 11 is 1.62. The highest BCUT2D eigenvalue weighted by atomic mass is 32.1. The van der Waals surface area contributed by atoms with Gasteiger partial charge in [-0.25, -0.2) is 4.98 Å². The summed E-state index contributed by atoms with van der Waals surface area (Å²) in [5.41, 5.74) is 0.998. The van der Waals surface area contributed by atoms with Crippen molar-refractivity contribution in [3.8, 4) is 0 Å². The van der Waals surface area contributed by atoms with E-state index in [1.54, 1.807) is 18.3 Å².